The van der Waals surface area contributed by atoms with Crippen LogP contribution in [0.4, 0.5) is 4.39 Å². The summed E-state index contributed by atoms with van der Waals surface area (Å²) in [6.07, 6.45) is 0.854. The molecule has 2 atom stereocenters. The second kappa shape index (κ2) is 7.27. The first-order chi connectivity index (χ1) is 11.1. The molecule has 2 aliphatic rings. The van der Waals surface area contributed by atoms with Gasteiger partial charge < -0.3 is 14.8 Å². The highest BCUT2D eigenvalue weighted by molar-refractivity contribution is 5.80. The molecule has 1 N–H and O–H groups in total. The third-order valence-electron chi connectivity index (χ3n) is 4.40. The van der Waals surface area contributed by atoms with Gasteiger partial charge in [-0.1, -0.05) is 6.07 Å². The number of benzene rings is 1. The van der Waals surface area contributed by atoms with Crippen LogP contribution in [-0.4, -0.2) is 55.8 Å². The molecule has 0 aliphatic carbocycles. The molecule has 0 radical (unpaired) electrons. The number of carbonyl (C=O) groups is 1. The SMILES string of the molecule is CC(CNC(=O)C1CN(C2CCOC2)C1)Oc1cccc(F)c1. The van der Waals surface area contributed by atoms with E-state index in [0.29, 0.717) is 18.3 Å². The van der Waals surface area contributed by atoms with Gasteiger partial charge in [0.15, 0.2) is 0 Å². The molecule has 0 saturated carbocycles. The fourth-order valence-corrected chi connectivity index (χ4v) is 2.99. The van der Waals surface area contributed by atoms with Crippen molar-refractivity contribution in [1.82, 2.24) is 10.2 Å². The van der Waals surface area contributed by atoms with Crippen molar-refractivity contribution in [3.8, 4) is 5.75 Å². The quantitative estimate of drug-likeness (QED) is 0.861. The Bertz CT molecular complexity index is 542. The average molecular weight is 322 g/mol. The number of halogens is 1. The zero-order valence-electron chi connectivity index (χ0n) is 13.3. The highest BCUT2D eigenvalue weighted by Gasteiger charge is 2.37. The van der Waals surface area contributed by atoms with Crippen molar-refractivity contribution < 1.29 is 18.7 Å². The van der Waals surface area contributed by atoms with Crippen LogP contribution < -0.4 is 10.1 Å². The van der Waals surface area contributed by atoms with E-state index < -0.39 is 0 Å². The summed E-state index contributed by atoms with van der Waals surface area (Å²) in [6.45, 7) is 5.49. The summed E-state index contributed by atoms with van der Waals surface area (Å²) in [5.41, 5.74) is 0. The molecule has 1 amide bonds. The lowest BCUT2D eigenvalue weighted by Gasteiger charge is -2.41. The number of carbonyl (C=O) groups excluding carboxylic acids is 1. The van der Waals surface area contributed by atoms with Crippen molar-refractivity contribution in [3.63, 3.8) is 0 Å². The van der Waals surface area contributed by atoms with Crippen molar-refractivity contribution in [2.75, 3.05) is 32.8 Å². The third-order valence-corrected chi connectivity index (χ3v) is 4.40. The fraction of sp³-hybridized carbons (Fsp3) is 0.588. The Morgan fingerprint density at radius 1 is 1.52 bits per heavy atom. The number of nitrogens with zero attached hydrogens (tertiary/aromatic N) is 1. The molecule has 1 aromatic carbocycles. The number of likely N-dealkylation sites (tertiary alicyclic amines) is 1. The normalized spacial score (nSPS) is 23.3. The van der Waals surface area contributed by atoms with Crippen LogP contribution in [0.2, 0.25) is 0 Å². The number of hydrogen-bond donors (Lipinski definition) is 1. The topological polar surface area (TPSA) is 50.8 Å². The van der Waals surface area contributed by atoms with E-state index in [2.05, 4.69) is 10.2 Å². The molecule has 0 aromatic heterocycles. The van der Waals surface area contributed by atoms with Gasteiger partial charge in [-0.05, 0) is 25.5 Å². The van der Waals surface area contributed by atoms with E-state index in [1.807, 2.05) is 6.92 Å². The molecule has 23 heavy (non-hydrogen) atoms. The van der Waals surface area contributed by atoms with E-state index in [0.717, 1.165) is 32.7 Å². The molecule has 0 bridgehead atoms. The van der Waals surface area contributed by atoms with E-state index in [-0.39, 0.29) is 23.7 Å². The molecular weight excluding hydrogens is 299 g/mol. The van der Waals surface area contributed by atoms with Crippen LogP contribution in [-0.2, 0) is 9.53 Å². The lowest BCUT2D eigenvalue weighted by molar-refractivity contribution is -0.131. The predicted octanol–water partition coefficient (Wildman–Crippen LogP) is 1.43. The van der Waals surface area contributed by atoms with Gasteiger partial charge in [0.1, 0.15) is 17.7 Å². The Morgan fingerprint density at radius 3 is 3.04 bits per heavy atom. The highest BCUT2D eigenvalue weighted by Crippen LogP contribution is 2.23. The van der Waals surface area contributed by atoms with Crippen molar-refractivity contribution in [1.29, 1.82) is 0 Å². The number of ether oxygens (including phenoxy) is 2. The Balaban J connectivity index is 1.36. The number of nitrogens with one attached hydrogen (secondary N) is 1. The lowest BCUT2D eigenvalue weighted by Crippen LogP contribution is -2.57. The van der Waals surface area contributed by atoms with Gasteiger partial charge in [0.2, 0.25) is 5.91 Å². The second-order valence-corrected chi connectivity index (χ2v) is 6.30. The van der Waals surface area contributed by atoms with Gasteiger partial charge in [-0.3, -0.25) is 9.69 Å². The summed E-state index contributed by atoms with van der Waals surface area (Å²) in [7, 11) is 0. The van der Waals surface area contributed by atoms with Gasteiger partial charge in [-0.25, -0.2) is 4.39 Å². The summed E-state index contributed by atoms with van der Waals surface area (Å²) in [5.74, 6) is 0.263. The summed E-state index contributed by atoms with van der Waals surface area (Å²) in [5, 5.41) is 2.91. The summed E-state index contributed by atoms with van der Waals surface area (Å²) < 4.78 is 24.1. The van der Waals surface area contributed by atoms with Crippen LogP contribution in [0.25, 0.3) is 0 Å². The molecule has 2 heterocycles. The minimum absolute atomic E-state index is 0.0527. The lowest BCUT2D eigenvalue weighted by atomic mass is 9.96. The van der Waals surface area contributed by atoms with Crippen LogP contribution in [0.15, 0.2) is 24.3 Å². The van der Waals surface area contributed by atoms with Crippen LogP contribution in [0, 0.1) is 11.7 Å². The smallest absolute Gasteiger partial charge is 0.225 e. The maximum absolute atomic E-state index is 13.1. The van der Waals surface area contributed by atoms with Crippen molar-refractivity contribution >= 4 is 5.91 Å². The summed E-state index contributed by atoms with van der Waals surface area (Å²) >= 11 is 0. The van der Waals surface area contributed by atoms with Gasteiger partial charge in [0.05, 0.1) is 19.1 Å². The Hall–Kier alpha value is -1.66. The van der Waals surface area contributed by atoms with Gasteiger partial charge in [-0.2, -0.15) is 0 Å². The first-order valence-electron chi connectivity index (χ1n) is 8.13. The first-order valence-corrected chi connectivity index (χ1v) is 8.13. The van der Waals surface area contributed by atoms with Crippen LogP contribution >= 0.6 is 0 Å². The first kappa shape index (κ1) is 16.2. The van der Waals surface area contributed by atoms with E-state index in [1.165, 1.54) is 12.1 Å². The third kappa shape index (κ3) is 4.20. The molecule has 6 heteroatoms. The molecule has 1 aromatic rings. The molecule has 3 rings (SSSR count). The zero-order chi connectivity index (χ0) is 16.2. The molecule has 126 valence electrons. The Labute approximate surface area is 135 Å². The zero-order valence-corrected chi connectivity index (χ0v) is 13.3. The molecule has 5 nitrogen and oxygen atoms in total. The van der Waals surface area contributed by atoms with Crippen molar-refractivity contribution in [2.24, 2.45) is 5.92 Å². The number of rotatable bonds is 6. The van der Waals surface area contributed by atoms with Crippen LogP contribution in [0.3, 0.4) is 0 Å². The minimum atomic E-state index is -0.329. The van der Waals surface area contributed by atoms with Crippen molar-refractivity contribution in [3.05, 3.63) is 30.1 Å². The molecule has 2 aliphatic heterocycles. The standard InChI is InChI=1S/C17H23FN2O3/c1-12(23-16-4-2-3-14(18)7-16)8-19-17(21)13-9-20(10-13)15-5-6-22-11-15/h2-4,7,12-13,15H,5-6,8-11H2,1H3,(H,19,21). The van der Waals surface area contributed by atoms with E-state index in [4.69, 9.17) is 9.47 Å². The maximum atomic E-state index is 13.1. The van der Waals surface area contributed by atoms with Gasteiger partial charge in [0, 0.05) is 31.8 Å². The van der Waals surface area contributed by atoms with E-state index in [1.54, 1.807) is 12.1 Å². The van der Waals surface area contributed by atoms with Gasteiger partial charge >= 0.3 is 0 Å². The summed E-state index contributed by atoms with van der Waals surface area (Å²) in [6, 6.07) is 6.50. The fourth-order valence-electron chi connectivity index (χ4n) is 2.99. The van der Waals surface area contributed by atoms with Crippen LogP contribution in [0.5, 0.6) is 5.75 Å². The van der Waals surface area contributed by atoms with Gasteiger partial charge in [-0.15, -0.1) is 0 Å². The van der Waals surface area contributed by atoms with Crippen molar-refractivity contribution in [2.45, 2.75) is 25.5 Å². The van der Waals surface area contributed by atoms with E-state index in [9.17, 15) is 9.18 Å². The molecular formula is C17H23FN2O3. The Morgan fingerprint density at radius 2 is 2.35 bits per heavy atom. The Kier molecular flexibility index (Phi) is 5.13. The predicted molar refractivity (Wildman–Crippen MR) is 83.8 cm³/mol. The monoisotopic (exact) mass is 322 g/mol. The largest absolute Gasteiger partial charge is 0.489 e. The van der Waals surface area contributed by atoms with E-state index >= 15 is 0 Å². The maximum Gasteiger partial charge on any atom is 0.225 e. The number of amides is 1. The minimum Gasteiger partial charge on any atom is -0.489 e. The molecule has 2 saturated heterocycles. The highest BCUT2D eigenvalue weighted by atomic mass is 19.1. The van der Waals surface area contributed by atoms with Gasteiger partial charge in [0.25, 0.3) is 0 Å². The average Bonchev–Trinajstić information content (AvgIpc) is 2.97. The molecule has 0 spiro atoms. The molecule has 2 fully saturated rings. The van der Waals surface area contributed by atoms with Crippen LogP contribution in [0.1, 0.15) is 13.3 Å². The summed E-state index contributed by atoms with van der Waals surface area (Å²) in [4.78, 5) is 14.4. The molecule has 2 unspecified atom stereocenters. The second-order valence-electron chi connectivity index (χ2n) is 6.30. The number of hydrogen-bond acceptors (Lipinski definition) is 4.